The summed E-state index contributed by atoms with van der Waals surface area (Å²) in [5.41, 5.74) is 4.99. The van der Waals surface area contributed by atoms with Crippen LogP contribution in [0.3, 0.4) is 0 Å². The second-order valence-corrected chi connectivity index (χ2v) is 14.7. The molecule has 1 N–H and O–H groups in total. The number of phenols is 1. The quantitative estimate of drug-likeness (QED) is 0.166. The minimum atomic E-state index is 0. The maximum absolute atomic E-state index is 9.24. The molecule has 226 valence electrons. The highest BCUT2D eigenvalue weighted by Gasteiger charge is 2.02. The van der Waals surface area contributed by atoms with Crippen LogP contribution in [0.5, 0.6) is 11.5 Å². The van der Waals surface area contributed by atoms with Crippen molar-refractivity contribution in [2.24, 2.45) is 0 Å². The number of benzene rings is 3. The third kappa shape index (κ3) is 13.7. The van der Waals surface area contributed by atoms with Crippen molar-refractivity contribution in [3.8, 4) is 11.5 Å². The van der Waals surface area contributed by atoms with Crippen LogP contribution in [0.1, 0.15) is 39.0 Å². The van der Waals surface area contributed by atoms with Gasteiger partial charge in [-0.15, -0.1) is 47.3 Å². The summed E-state index contributed by atoms with van der Waals surface area (Å²) in [7, 11) is 3.34. The maximum atomic E-state index is 9.24. The zero-order valence-electron chi connectivity index (χ0n) is 21.6. The van der Waals surface area contributed by atoms with Crippen molar-refractivity contribution < 1.29 is 19.3 Å². The fourth-order valence-electron chi connectivity index (χ4n) is 3.62. The van der Waals surface area contributed by atoms with Crippen molar-refractivity contribution in [1.82, 2.24) is 9.97 Å². The highest BCUT2D eigenvalue weighted by Crippen LogP contribution is 2.22. The van der Waals surface area contributed by atoms with Crippen LogP contribution in [0.25, 0.3) is 21.8 Å². The first kappa shape index (κ1) is 39.5. The highest BCUT2D eigenvalue weighted by atomic mass is 79.9. The van der Waals surface area contributed by atoms with Gasteiger partial charge in [0.2, 0.25) is 0 Å². The molecule has 5 aromatic rings. The summed E-state index contributed by atoms with van der Waals surface area (Å²) in [6, 6.07) is 25.3. The third-order valence-corrected chi connectivity index (χ3v) is 5.31. The van der Waals surface area contributed by atoms with E-state index < -0.39 is 0 Å². The Bertz CT molecular complexity index is 1460. The summed E-state index contributed by atoms with van der Waals surface area (Å²) < 4.78 is 16.2. The van der Waals surface area contributed by atoms with Gasteiger partial charge in [-0.05, 0) is 53.1 Å². The molecule has 10 heteroatoms. The first-order valence-electron chi connectivity index (χ1n) is 11.9. The van der Waals surface area contributed by atoms with Gasteiger partial charge in [-0.1, -0.05) is 52.6 Å². The van der Waals surface area contributed by atoms with Gasteiger partial charge in [0.1, 0.15) is 18.1 Å². The standard InChI is InChI=1S/C18H17NO2.C11H11NO2.3CH4.BBr3/c1-20-12-15-9-16-7-8-17(10-18(16)19-11-15)21-13-14-5-3-2-4-6-14;1-14-7-8-4-9-2-3-10(13)5-11(9)12-6-8;;;;2-1(3)4/h2-11H,12-13H2,1H3;2-6,13H,7H2,1H3;3*1H4;. The van der Waals surface area contributed by atoms with E-state index in [2.05, 4.69) is 75.4 Å². The van der Waals surface area contributed by atoms with Crippen molar-refractivity contribution in [3.63, 3.8) is 0 Å². The lowest BCUT2D eigenvalue weighted by Gasteiger charge is -2.08. The average molecular weight is 767 g/mol. The molecule has 0 aliphatic heterocycles. The Morgan fingerprint density at radius 2 is 1.14 bits per heavy atom. The smallest absolute Gasteiger partial charge is 0.369 e. The Kier molecular flexibility index (Phi) is 20.0. The summed E-state index contributed by atoms with van der Waals surface area (Å²) in [6.45, 7) is 1.70. The van der Waals surface area contributed by atoms with Gasteiger partial charge in [0.15, 0.2) is 0 Å². The van der Waals surface area contributed by atoms with E-state index in [-0.39, 0.29) is 31.2 Å². The van der Waals surface area contributed by atoms with Gasteiger partial charge >= 0.3 is 3.18 Å². The Morgan fingerprint density at radius 1 is 0.643 bits per heavy atom. The number of halogens is 3. The lowest BCUT2D eigenvalue weighted by atomic mass is 10.1. The summed E-state index contributed by atoms with van der Waals surface area (Å²) in [5.74, 6) is 1.07. The van der Waals surface area contributed by atoms with Crippen molar-refractivity contribution >= 4 is 72.3 Å². The highest BCUT2D eigenvalue weighted by molar-refractivity contribution is 9.69. The van der Waals surface area contributed by atoms with Crippen molar-refractivity contribution in [2.75, 3.05) is 14.2 Å². The minimum absolute atomic E-state index is 0. The molecule has 0 saturated heterocycles. The molecule has 0 amide bonds. The van der Waals surface area contributed by atoms with E-state index in [1.807, 2.05) is 54.7 Å². The van der Waals surface area contributed by atoms with Gasteiger partial charge in [-0.2, -0.15) is 0 Å². The van der Waals surface area contributed by atoms with E-state index in [4.69, 9.17) is 14.2 Å². The number of rotatable bonds is 7. The predicted molar refractivity (Wildman–Crippen MR) is 190 cm³/mol. The number of aromatic nitrogens is 2. The predicted octanol–water partition coefficient (Wildman–Crippen LogP) is 10.1. The summed E-state index contributed by atoms with van der Waals surface area (Å²) in [4.78, 5) is 8.68. The van der Waals surface area contributed by atoms with E-state index in [1.54, 1.807) is 32.5 Å². The van der Waals surface area contributed by atoms with Crippen molar-refractivity contribution in [3.05, 3.63) is 108 Å². The molecular formula is C32H40BBr3N2O4. The number of ether oxygens (including phenoxy) is 3. The molecular weight excluding hydrogens is 727 g/mol. The van der Waals surface area contributed by atoms with E-state index in [0.29, 0.717) is 19.8 Å². The first-order chi connectivity index (χ1) is 18.9. The molecule has 0 aliphatic carbocycles. The number of hydrogen-bond acceptors (Lipinski definition) is 6. The van der Waals surface area contributed by atoms with Gasteiger partial charge < -0.3 is 19.3 Å². The van der Waals surface area contributed by atoms with Crippen LogP contribution < -0.4 is 4.74 Å². The largest absolute Gasteiger partial charge is 0.508 e. The topological polar surface area (TPSA) is 73.7 Å². The molecule has 0 unspecified atom stereocenters. The van der Waals surface area contributed by atoms with E-state index in [0.717, 1.165) is 44.2 Å². The molecule has 3 aromatic carbocycles. The Labute approximate surface area is 275 Å². The average Bonchev–Trinajstić information content (AvgIpc) is 2.93. The van der Waals surface area contributed by atoms with Crippen LogP contribution in [0, 0.1) is 0 Å². The van der Waals surface area contributed by atoms with Gasteiger partial charge in [-0.3, -0.25) is 9.97 Å². The minimum Gasteiger partial charge on any atom is -0.508 e. The van der Waals surface area contributed by atoms with Crippen molar-refractivity contribution in [2.45, 2.75) is 42.1 Å². The molecule has 5 rings (SSSR count). The van der Waals surface area contributed by atoms with E-state index >= 15 is 0 Å². The second-order valence-electron chi connectivity index (χ2n) is 8.31. The van der Waals surface area contributed by atoms with Gasteiger partial charge in [0, 0.05) is 49.5 Å². The summed E-state index contributed by atoms with van der Waals surface area (Å²) in [6.07, 6.45) is 3.60. The SMILES string of the molecule is BrB(Br)Br.C.C.C.COCc1cnc2cc(O)ccc2c1.COCc1cnc2cc(OCc3ccccc3)ccc2c1. The molecule has 42 heavy (non-hydrogen) atoms. The van der Waals surface area contributed by atoms with Gasteiger partial charge in [-0.25, -0.2) is 0 Å². The molecule has 2 aromatic heterocycles. The summed E-state index contributed by atoms with van der Waals surface area (Å²) >= 11 is 9.31. The molecule has 2 heterocycles. The lowest BCUT2D eigenvalue weighted by molar-refractivity contribution is 0.184. The van der Waals surface area contributed by atoms with Crippen molar-refractivity contribution in [1.29, 1.82) is 0 Å². The molecule has 0 fully saturated rings. The molecule has 0 saturated carbocycles. The van der Waals surface area contributed by atoms with Gasteiger partial charge in [0.25, 0.3) is 0 Å². The fourth-order valence-corrected chi connectivity index (χ4v) is 3.62. The van der Waals surface area contributed by atoms with Crippen LogP contribution in [0.4, 0.5) is 0 Å². The van der Waals surface area contributed by atoms with Crippen LogP contribution in [-0.4, -0.2) is 32.5 Å². The maximum Gasteiger partial charge on any atom is 0.369 e. The van der Waals surface area contributed by atoms with E-state index in [9.17, 15) is 5.11 Å². The Morgan fingerprint density at radius 3 is 1.67 bits per heavy atom. The molecule has 0 spiro atoms. The van der Waals surface area contributed by atoms with Crippen LogP contribution in [0.15, 0.2) is 91.3 Å². The summed E-state index contributed by atoms with van der Waals surface area (Å²) in [5, 5.41) is 11.3. The van der Waals surface area contributed by atoms with Crippen LogP contribution in [-0.2, 0) is 29.3 Å². The number of phenolic OH excluding ortho intramolecular Hbond substituents is 1. The molecule has 0 atom stereocenters. The fraction of sp³-hybridized carbons (Fsp3) is 0.250. The Hall–Kier alpha value is -2.50. The van der Waals surface area contributed by atoms with Gasteiger partial charge in [0.05, 0.1) is 24.2 Å². The molecule has 0 bridgehead atoms. The third-order valence-electron chi connectivity index (χ3n) is 5.31. The number of nitrogens with zero attached hydrogens (tertiary/aromatic N) is 2. The first-order valence-corrected chi connectivity index (χ1v) is 14.7. The molecule has 6 nitrogen and oxygen atoms in total. The monoisotopic (exact) mass is 764 g/mol. The number of methoxy groups -OCH3 is 2. The van der Waals surface area contributed by atoms with E-state index in [1.165, 1.54) is 0 Å². The zero-order chi connectivity index (χ0) is 28.0. The Balaban J connectivity index is 0.000000701. The van der Waals surface area contributed by atoms with Crippen LogP contribution in [0.2, 0.25) is 0 Å². The molecule has 0 radical (unpaired) electrons. The number of aromatic hydroxyl groups is 1. The molecule has 0 aliphatic rings. The number of hydrogen-bond donors (Lipinski definition) is 1. The number of fused-ring (bicyclic) bond motifs is 2. The normalized spacial score (nSPS) is 9.55. The lowest BCUT2D eigenvalue weighted by Crippen LogP contribution is -1.95. The van der Waals surface area contributed by atoms with Crippen LogP contribution >= 0.6 is 47.3 Å². The number of pyridine rings is 2. The second kappa shape index (κ2) is 21.2. The zero-order valence-corrected chi connectivity index (χ0v) is 26.3.